The van der Waals surface area contributed by atoms with Crippen LogP contribution in [-0.4, -0.2) is 26.9 Å². The molecule has 2 unspecified atom stereocenters. The second-order valence-corrected chi connectivity index (χ2v) is 5.52. The third-order valence-electron chi connectivity index (χ3n) is 3.17. The topological polar surface area (TPSA) is 30.7 Å². The Morgan fingerprint density at radius 2 is 2.05 bits per heavy atom. The summed E-state index contributed by atoms with van der Waals surface area (Å²) in [6, 6.07) is 9.24. The van der Waals surface area contributed by atoms with E-state index < -0.39 is 12.6 Å². The number of aromatic nitrogens is 3. The van der Waals surface area contributed by atoms with E-state index in [2.05, 4.69) is 10.1 Å². The van der Waals surface area contributed by atoms with E-state index in [1.165, 1.54) is 4.68 Å². The number of hydrogen-bond acceptors (Lipinski definition) is 3. The Morgan fingerprint density at radius 3 is 2.75 bits per heavy atom. The van der Waals surface area contributed by atoms with E-state index in [1.54, 1.807) is 0 Å². The summed E-state index contributed by atoms with van der Waals surface area (Å²) in [5.74, 6) is -0.147. The fourth-order valence-electron chi connectivity index (χ4n) is 2.31. The Bertz CT molecular complexity index is 588. The van der Waals surface area contributed by atoms with Crippen LogP contribution in [0.2, 0.25) is 0 Å². The third kappa shape index (κ3) is 2.54. The average Bonchev–Trinajstić information content (AvgIpc) is 2.98. The van der Waals surface area contributed by atoms with Gasteiger partial charge in [-0.3, -0.25) is 0 Å². The molecule has 0 saturated carbocycles. The Hall–Kier alpha value is -1.50. The molecule has 20 heavy (non-hydrogen) atoms. The van der Waals surface area contributed by atoms with Gasteiger partial charge in [0.25, 0.3) is 0 Å². The highest BCUT2D eigenvalue weighted by molar-refractivity contribution is 7.99. The van der Waals surface area contributed by atoms with Crippen molar-refractivity contribution < 1.29 is 13.2 Å². The lowest BCUT2D eigenvalue weighted by Crippen LogP contribution is -2.07. The van der Waals surface area contributed by atoms with Crippen LogP contribution in [0.25, 0.3) is 0 Å². The van der Waals surface area contributed by atoms with Gasteiger partial charge in [-0.15, -0.1) is 5.10 Å². The minimum atomic E-state index is -2.43. The maximum atomic E-state index is 14.0. The second kappa shape index (κ2) is 5.47. The van der Waals surface area contributed by atoms with E-state index in [4.69, 9.17) is 0 Å². The number of fused-ring (bicyclic) bond motifs is 1. The van der Waals surface area contributed by atoms with E-state index in [0.717, 1.165) is 17.3 Å². The molecule has 0 radical (unpaired) electrons. The second-order valence-electron chi connectivity index (χ2n) is 4.53. The lowest BCUT2D eigenvalue weighted by Gasteiger charge is -2.11. The fourth-order valence-corrected chi connectivity index (χ4v) is 2.89. The van der Waals surface area contributed by atoms with E-state index in [0.29, 0.717) is 6.42 Å². The average molecular weight is 299 g/mol. The zero-order chi connectivity index (χ0) is 14.1. The predicted octanol–water partition coefficient (Wildman–Crippen LogP) is 3.64. The molecule has 0 spiro atoms. The summed E-state index contributed by atoms with van der Waals surface area (Å²) in [6.45, 7) is 0. The summed E-state index contributed by atoms with van der Waals surface area (Å²) in [6.07, 6.45) is -3.34. The van der Waals surface area contributed by atoms with Gasteiger partial charge >= 0.3 is 0 Å². The molecule has 0 bridgehead atoms. The molecule has 106 valence electrons. The summed E-state index contributed by atoms with van der Waals surface area (Å²) in [4.78, 5) is 4.03. The van der Waals surface area contributed by atoms with Crippen LogP contribution in [0.4, 0.5) is 13.2 Å². The molecule has 2 aromatic rings. The maximum absolute atomic E-state index is 14.0. The van der Waals surface area contributed by atoms with Crippen molar-refractivity contribution >= 4 is 11.8 Å². The van der Waals surface area contributed by atoms with E-state index in [-0.39, 0.29) is 22.8 Å². The first kappa shape index (κ1) is 13.5. The molecule has 0 aliphatic carbocycles. The van der Waals surface area contributed by atoms with Crippen LogP contribution >= 0.6 is 11.8 Å². The van der Waals surface area contributed by atoms with Crippen molar-refractivity contribution in [2.45, 2.75) is 30.2 Å². The van der Waals surface area contributed by atoms with Crippen molar-refractivity contribution in [2.75, 3.05) is 5.75 Å². The van der Waals surface area contributed by atoms with Crippen molar-refractivity contribution in [3.8, 4) is 0 Å². The predicted molar refractivity (Wildman–Crippen MR) is 69.8 cm³/mol. The van der Waals surface area contributed by atoms with E-state index in [1.807, 2.05) is 30.3 Å². The number of benzene rings is 1. The highest BCUT2D eigenvalue weighted by Crippen LogP contribution is 2.40. The number of halogens is 3. The summed E-state index contributed by atoms with van der Waals surface area (Å²) >= 11 is 0.852. The lowest BCUT2D eigenvalue weighted by molar-refractivity contribution is 0.176. The number of rotatable bonds is 4. The zero-order valence-corrected chi connectivity index (χ0v) is 11.2. The highest BCUT2D eigenvalue weighted by atomic mass is 32.2. The van der Waals surface area contributed by atoms with Crippen LogP contribution in [0, 0.1) is 0 Å². The normalized spacial score (nSPS) is 21.4. The molecule has 0 saturated heterocycles. The van der Waals surface area contributed by atoms with Gasteiger partial charge in [-0.25, -0.2) is 22.8 Å². The molecule has 2 atom stereocenters. The molecule has 3 nitrogen and oxygen atoms in total. The Kier molecular flexibility index (Phi) is 3.69. The quantitative estimate of drug-likeness (QED) is 0.808. The summed E-state index contributed by atoms with van der Waals surface area (Å²) < 4.78 is 39.9. The van der Waals surface area contributed by atoms with Crippen molar-refractivity contribution in [1.82, 2.24) is 14.8 Å². The van der Waals surface area contributed by atoms with Gasteiger partial charge in [0.2, 0.25) is 11.6 Å². The van der Waals surface area contributed by atoms with Crippen molar-refractivity contribution in [2.24, 2.45) is 0 Å². The van der Waals surface area contributed by atoms with Gasteiger partial charge in [-0.1, -0.05) is 42.1 Å². The van der Waals surface area contributed by atoms with Crippen LogP contribution < -0.4 is 0 Å². The smallest absolute Gasteiger partial charge is 0.239 e. The molecule has 0 amide bonds. The monoisotopic (exact) mass is 299 g/mol. The molecule has 1 aliphatic rings. The molecule has 3 rings (SSSR count). The molecule has 1 aromatic carbocycles. The van der Waals surface area contributed by atoms with Gasteiger partial charge in [0.15, 0.2) is 12.0 Å². The molecule has 0 fully saturated rings. The van der Waals surface area contributed by atoms with Crippen LogP contribution in [0.5, 0.6) is 0 Å². The summed E-state index contributed by atoms with van der Waals surface area (Å²) in [5.41, 5.74) is 0.948. The Morgan fingerprint density at radius 1 is 1.30 bits per heavy atom. The van der Waals surface area contributed by atoms with Crippen molar-refractivity contribution in [3.05, 3.63) is 41.7 Å². The number of nitrogens with zero attached hydrogens (tertiary/aromatic N) is 3. The molecular weight excluding hydrogens is 287 g/mol. The number of thioether (sulfide) groups is 1. The van der Waals surface area contributed by atoms with Crippen LogP contribution in [0.15, 0.2) is 35.5 Å². The zero-order valence-electron chi connectivity index (χ0n) is 10.4. The van der Waals surface area contributed by atoms with Gasteiger partial charge < -0.3 is 0 Å². The van der Waals surface area contributed by atoms with Gasteiger partial charge in [0, 0.05) is 6.42 Å². The van der Waals surface area contributed by atoms with Crippen molar-refractivity contribution in [3.63, 3.8) is 0 Å². The Labute approximate surface area is 118 Å². The van der Waals surface area contributed by atoms with Crippen LogP contribution in [0.1, 0.15) is 30.0 Å². The first-order valence-corrected chi connectivity index (χ1v) is 7.20. The van der Waals surface area contributed by atoms with Crippen molar-refractivity contribution in [1.29, 1.82) is 0 Å². The minimum absolute atomic E-state index is 0.212. The fraction of sp³-hybridized carbons (Fsp3) is 0.385. The van der Waals surface area contributed by atoms with Crippen LogP contribution in [0.3, 0.4) is 0 Å². The van der Waals surface area contributed by atoms with Gasteiger partial charge in [-0.2, -0.15) is 0 Å². The maximum Gasteiger partial charge on any atom is 0.248 e. The summed E-state index contributed by atoms with van der Waals surface area (Å²) in [7, 11) is 0. The summed E-state index contributed by atoms with van der Waals surface area (Å²) in [5, 5.41) is 4.38. The van der Waals surface area contributed by atoms with Crippen LogP contribution in [-0.2, 0) is 0 Å². The molecule has 0 N–H and O–H groups in total. The standard InChI is InChI=1S/C13H12F3N3S/c14-9-6-10(8-4-2-1-3-5-8)19-12(9)17-13(18-19)20-7-11(15)16/h1-5,9-11H,6-7H2. The molecule has 2 heterocycles. The van der Waals surface area contributed by atoms with Gasteiger partial charge in [0.1, 0.15) is 0 Å². The Balaban J connectivity index is 1.86. The lowest BCUT2D eigenvalue weighted by atomic mass is 10.0. The highest BCUT2D eigenvalue weighted by Gasteiger charge is 2.35. The number of alkyl halides is 3. The third-order valence-corrected chi connectivity index (χ3v) is 4.02. The SMILES string of the molecule is FC(F)CSc1nc2n(n1)C(c1ccccc1)CC2F. The largest absolute Gasteiger partial charge is 0.248 e. The number of hydrogen-bond donors (Lipinski definition) is 0. The van der Waals surface area contributed by atoms with Gasteiger partial charge in [-0.05, 0) is 5.56 Å². The minimum Gasteiger partial charge on any atom is -0.239 e. The van der Waals surface area contributed by atoms with E-state index in [9.17, 15) is 13.2 Å². The molecule has 1 aliphatic heterocycles. The first-order valence-electron chi connectivity index (χ1n) is 6.21. The molecule has 1 aromatic heterocycles. The molecular formula is C13H12F3N3S. The van der Waals surface area contributed by atoms with E-state index >= 15 is 0 Å². The first-order chi connectivity index (χ1) is 9.65. The van der Waals surface area contributed by atoms with Gasteiger partial charge in [0.05, 0.1) is 11.8 Å². The molecule has 7 heteroatoms.